The fourth-order valence-corrected chi connectivity index (χ4v) is 4.12. The summed E-state index contributed by atoms with van der Waals surface area (Å²) >= 11 is 1.56. The van der Waals surface area contributed by atoms with Crippen LogP contribution in [0.5, 0.6) is 5.88 Å². The molecule has 1 aliphatic heterocycles. The highest BCUT2D eigenvalue weighted by Gasteiger charge is 2.26. The molecule has 1 fully saturated rings. The topological polar surface area (TPSA) is 55.3 Å². The quantitative estimate of drug-likeness (QED) is 0.721. The van der Waals surface area contributed by atoms with Gasteiger partial charge in [-0.05, 0) is 24.4 Å². The zero-order chi connectivity index (χ0) is 17.2. The van der Waals surface area contributed by atoms with E-state index in [1.807, 2.05) is 36.1 Å². The maximum atomic E-state index is 12.8. The number of likely N-dealkylation sites (tertiary alicyclic amines) is 1. The van der Waals surface area contributed by atoms with Gasteiger partial charge in [-0.1, -0.05) is 18.2 Å². The molecule has 0 aliphatic carbocycles. The van der Waals surface area contributed by atoms with E-state index in [1.54, 1.807) is 23.6 Å². The number of piperidine rings is 1. The molecule has 0 unspecified atom stereocenters. The highest BCUT2D eigenvalue weighted by atomic mass is 32.1. The van der Waals surface area contributed by atoms with Crippen LogP contribution in [0.25, 0.3) is 10.1 Å². The molecule has 1 saturated heterocycles. The third kappa shape index (κ3) is 3.49. The number of ether oxygens (including phenoxy) is 1. The van der Waals surface area contributed by atoms with E-state index in [9.17, 15) is 4.79 Å². The number of amides is 1. The summed E-state index contributed by atoms with van der Waals surface area (Å²) in [5.74, 6) is 1.44. The first-order valence-electron chi connectivity index (χ1n) is 8.43. The van der Waals surface area contributed by atoms with Crippen LogP contribution in [0.15, 0.2) is 42.6 Å². The molecule has 4 rings (SSSR count). The number of benzene rings is 1. The molecule has 1 aromatic carbocycles. The molecule has 1 aliphatic rings. The molecular weight excluding hydrogens is 334 g/mol. The Kier molecular flexibility index (Phi) is 4.36. The van der Waals surface area contributed by atoms with Crippen molar-refractivity contribution in [1.82, 2.24) is 14.9 Å². The van der Waals surface area contributed by atoms with Crippen LogP contribution in [0.1, 0.15) is 28.3 Å². The molecule has 128 valence electrons. The van der Waals surface area contributed by atoms with Gasteiger partial charge in [0.2, 0.25) is 5.88 Å². The van der Waals surface area contributed by atoms with E-state index in [2.05, 4.69) is 16.0 Å². The number of hydrogen-bond acceptors (Lipinski definition) is 5. The van der Waals surface area contributed by atoms with E-state index >= 15 is 0 Å². The maximum Gasteiger partial charge on any atom is 0.263 e. The summed E-state index contributed by atoms with van der Waals surface area (Å²) in [6.45, 7) is 3.27. The van der Waals surface area contributed by atoms with Crippen molar-refractivity contribution in [2.24, 2.45) is 0 Å². The zero-order valence-electron chi connectivity index (χ0n) is 14.0. The largest absolute Gasteiger partial charge is 0.474 e. The number of rotatable bonds is 3. The summed E-state index contributed by atoms with van der Waals surface area (Å²) < 4.78 is 7.09. The molecule has 3 heterocycles. The lowest BCUT2D eigenvalue weighted by Crippen LogP contribution is -2.41. The summed E-state index contributed by atoms with van der Waals surface area (Å²) in [6, 6.07) is 11.9. The van der Waals surface area contributed by atoms with Gasteiger partial charge < -0.3 is 9.64 Å². The number of hydrogen-bond donors (Lipinski definition) is 0. The van der Waals surface area contributed by atoms with Crippen molar-refractivity contribution in [2.75, 3.05) is 13.1 Å². The third-order valence-corrected chi connectivity index (χ3v) is 5.51. The fraction of sp³-hybridized carbons (Fsp3) is 0.316. The average Bonchev–Trinajstić information content (AvgIpc) is 3.06. The van der Waals surface area contributed by atoms with Crippen LogP contribution < -0.4 is 4.74 Å². The Balaban J connectivity index is 1.38. The summed E-state index contributed by atoms with van der Waals surface area (Å²) in [5.41, 5.74) is 0. The Labute approximate surface area is 150 Å². The minimum atomic E-state index is 0.0979. The number of fused-ring (bicyclic) bond motifs is 1. The number of carbonyl (C=O) groups excluding carboxylic acids is 1. The molecule has 0 N–H and O–H groups in total. The predicted molar refractivity (Wildman–Crippen MR) is 98.1 cm³/mol. The number of aromatic nitrogens is 2. The van der Waals surface area contributed by atoms with Crippen molar-refractivity contribution < 1.29 is 9.53 Å². The number of carbonyl (C=O) groups is 1. The molecule has 3 aromatic rings. The number of aryl methyl sites for hydroxylation is 1. The van der Waals surface area contributed by atoms with Crippen molar-refractivity contribution in [3.8, 4) is 5.88 Å². The molecule has 25 heavy (non-hydrogen) atoms. The van der Waals surface area contributed by atoms with Crippen LogP contribution in [0.4, 0.5) is 0 Å². The Hall–Kier alpha value is -2.47. The van der Waals surface area contributed by atoms with Gasteiger partial charge in [-0.2, -0.15) is 4.98 Å². The Morgan fingerprint density at radius 2 is 2.04 bits per heavy atom. The number of thiophene rings is 1. The highest BCUT2D eigenvalue weighted by Crippen LogP contribution is 2.27. The molecule has 5 nitrogen and oxygen atoms in total. The minimum Gasteiger partial charge on any atom is -0.474 e. The van der Waals surface area contributed by atoms with E-state index in [1.165, 1.54) is 0 Å². The van der Waals surface area contributed by atoms with Crippen molar-refractivity contribution >= 4 is 27.3 Å². The summed E-state index contributed by atoms with van der Waals surface area (Å²) in [5, 5.41) is 1.13. The average molecular weight is 353 g/mol. The zero-order valence-corrected chi connectivity index (χ0v) is 14.8. The lowest BCUT2D eigenvalue weighted by molar-refractivity contribution is 0.0592. The van der Waals surface area contributed by atoms with Gasteiger partial charge in [0.1, 0.15) is 11.9 Å². The third-order valence-electron chi connectivity index (χ3n) is 4.40. The second-order valence-electron chi connectivity index (χ2n) is 6.20. The lowest BCUT2D eigenvalue weighted by Gasteiger charge is -2.31. The van der Waals surface area contributed by atoms with Crippen molar-refractivity contribution in [2.45, 2.75) is 25.9 Å². The maximum absolute atomic E-state index is 12.8. The van der Waals surface area contributed by atoms with Crippen molar-refractivity contribution in [3.05, 3.63) is 53.3 Å². The van der Waals surface area contributed by atoms with Gasteiger partial charge in [-0.25, -0.2) is 4.98 Å². The van der Waals surface area contributed by atoms with Gasteiger partial charge in [0, 0.05) is 42.9 Å². The number of nitrogens with zero attached hydrogens (tertiary/aromatic N) is 3. The van der Waals surface area contributed by atoms with E-state index in [-0.39, 0.29) is 12.0 Å². The first-order valence-corrected chi connectivity index (χ1v) is 9.25. The van der Waals surface area contributed by atoms with E-state index in [0.29, 0.717) is 24.8 Å². The second kappa shape index (κ2) is 6.80. The highest BCUT2D eigenvalue weighted by molar-refractivity contribution is 7.20. The normalized spacial score (nSPS) is 15.5. The SMILES string of the molecule is Cc1nccc(OC2CCN(C(=O)c3cc4ccccc4s3)CC2)n1. The van der Waals surface area contributed by atoms with Gasteiger partial charge in [0.05, 0.1) is 4.88 Å². The van der Waals surface area contributed by atoms with Crippen LogP contribution in [0.3, 0.4) is 0 Å². The van der Waals surface area contributed by atoms with E-state index in [4.69, 9.17) is 4.74 Å². The Bertz CT molecular complexity index is 867. The summed E-state index contributed by atoms with van der Waals surface area (Å²) in [7, 11) is 0. The molecule has 0 radical (unpaired) electrons. The van der Waals surface area contributed by atoms with Gasteiger partial charge in [0.25, 0.3) is 5.91 Å². The molecule has 2 aromatic heterocycles. The van der Waals surface area contributed by atoms with Gasteiger partial charge in [-0.3, -0.25) is 4.79 Å². The van der Waals surface area contributed by atoms with Crippen LogP contribution in [0.2, 0.25) is 0 Å². The fourth-order valence-electron chi connectivity index (χ4n) is 3.09. The summed E-state index contributed by atoms with van der Waals surface area (Å²) in [4.78, 5) is 23.9. The molecule has 0 spiro atoms. The molecule has 1 amide bonds. The van der Waals surface area contributed by atoms with Crippen LogP contribution in [0, 0.1) is 6.92 Å². The van der Waals surface area contributed by atoms with Crippen LogP contribution in [-0.2, 0) is 0 Å². The van der Waals surface area contributed by atoms with Gasteiger partial charge >= 0.3 is 0 Å². The van der Waals surface area contributed by atoms with Crippen molar-refractivity contribution in [3.63, 3.8) is 0 Å². The minimum absolute atomic E-state index is 0.0979. The van der Waals surface area contributed by atoms with E-state index < -0.39 is 0 Å². The smallest absolute Gasteiger partial charge is 0.263 e. The van der Waals surface area contributed by atoms with Gasteiger partial charge in [-0.15, -0.1) is 11.3 Å². The predicted octanol–water partition coefficient (Wildman–Crippen LogP) is 3.68. The van der Waals surface area contributed by atoms with Gasteiger partial charge in [0.15, 0.2) is 0 Å². The van der Waals surface area contributed by atoms with Crippen LogP contribution >= 0.6 is 11.3 Å². The monoisotopic (exact) mass is 353 g/mol. The van der Waals surface area contributed by atoms with Crippen LogP contribution in [-0.4, -0.2) is 40.0 Å². The lowest BCUT2D eigenvalue weighted by atomic mass is 10.1. The molecule has 0 saturated carbocycles. The Morgan fingerprint density at radius 3 is 2.80 bits per heavy atom. The summed E-state index contributed by atoms with van der Waals surface area (Å²) in [6.07, 6.45) is 3.44. The first kappa shape index (κ1) is 16.0. The second-order valence-corrected chi connectivity index (χ2v) is 7.28. The molecule has 6 heteroatoms. The Morgan fingerprint density at radius 1 is 1.24 bits per heavy atom. The molecule has 0 atom stereocenters. The van der Waals surface area contributed by atoms with Crippen molar-refractivity contribution in [1.29, 1.82) is 0 Å². The molecular formula is C19H19N3O2S. The molecule has 0 bridgehead atoms. The standard InChI is InChI=1S/C19H19N3O2S/c1-13-20-9-6-18(21-13)24-15-7-10-22(11-8-15)19(23)17-12-14-4-2-3-5-16(14)25-17/h2-6,9,12,15H,7-8,10-11H2,1H3. The van der Waals surface area contributed by atoms with E-state index in [0.717, 1.165) is 27.8 Å². The first-order chi connectivity index (χ1) is 12.2.